The zero-order valence-corrected chi connectivity index (χ0v) is 18.2. The molecule has 7 heteroatoms. The number of rotatable bonds is 5. The van der Waals surface area contributed by atoms with Gasteiger partial charge in [0.15, 0.2) is 0 Å². The Balaban J connectivity index is 1.67. The van der Waals surface area contributed by atoms with Crippen LogP contribution in [0.4, 0.5) is 5.95 Å². The van der Waals surface area contributed by atoms with E-state index in [0.717, 1.165) is 54.1 Å². The van der Waals surface area contributed by atoms with Crippen molar-refractivity contribution in [3.8, 4) is 0 Å². The second kappa shape index (κ2) is 8.17. The van der Waals surface area contributed by atoms with E-state index in [4.69, 9.17) is 0 Å². The number of hydrogen-bond acceptors (Lipinski definition) is 5. The summed E-state index contributed by atoms with van der Waals surface area (Å²) < 4.78 is 29.0. The summed E-state index contributed by atoms with van der Waals surface area (Å²) in [5.74, 6) is 1.07. The fraction of sp³-hybridized carbons (Fsp3) is 0.524. The van der Waals surface area contributed by atoms with Gasteiger partial charge < -0.3 is 4.90 Å². The summed E-state index contributed by atoms with van der Waals surface area (Å²) in [6.07, 6.45) is 5.34. The molecule has 2 heterocycles. The third kappa shape index (κ3) is 4.05. The lowest BCUT2D eigenvalue weighted by atomic mass is 9.95. The maximum atomic E-state index is 13.1. The molecule has 0 amide bonds. The van der Waals surface area contributed by atoms with Gasteiger partial charge in [-0.1, -0.05) is 0 Å². The van der Waals surface area contributed by atoms with Crippen LogP contribution in [0.25, 0.3) is 0 Å². The highest BCUT2D eigenvalue weighted by Gasteiger charge is 2.26. The quantitative estimate of drug-likeness (QED) is 0.831. The van der Waals surface area contributed by atoms with Crippen LogP contribution >= 0.6 is 0 Å². The number of aromatic nitrogens is 2. The molecule has 0 saturated carbocycles. The lowest BCUT2D eigenvalue weighted by Gasteiger charge is -2.32. The predicted octanol–water partition coefficient (Wildman–Crippen LogP) is 3.21. The highest BCUT2D eigenvalue weighted by Crippen LogP contribution is 2.29. The number of benzene rings is 1. The van der Waals surface area contributed by atoms with Crippen LogP contribution in [-0.2, 0) is 10.0 Å². The largest absolute Gasteiger partial charge is 0.341 e. The Morgan fingerprint density at radius 1 is 0.929 bits per heavy atom. The lowest BCUT2D eigenvalue weighted by molar-refractivity contribution is 0.399. The van der Waals surface area contributed by atoms with E-state index in [1.54, 1.807) is 12.4 Å². The number of hydrogen-bond donors (Lipinski definition) is 1. The van der Waals surface area contributed by atoms with E-state index in [-0.39, 0.29) is 0 Å². The van der Waals surface area contributed by atoms with Gasteiger partial charge in [0.2, 0.25) is 16.0 Å². The van der Waals surface area contributed by atoms with E-state index in [0.29, 0.717) is 17.4 Å². The van der Waals surface area contributed by atoms with Gasteiger partial charge in [-0.3, -0.25) is 0 Å². The summed E-state index contributed by atoms with van der Waals surface area (Å²) in [4.78, 5) is 11.2. The monoisotopic (exact) mass is 402 g/mol. The first-order valence-corrected chi connectivity index (χ1v) is 11.3. The van der Waals surface area contributed by atoms with Gasteiger partial charge in [0.05, 0.1) is 4.90 Å². The standard InChI is InChI=1S/C21H30N4O2S/c1-14-15(2)17(4)20(18(5)16(14)3)28(26,27)24-13-19-7-11-25(12-8-19)21-22-9-6-10-23-21/h6,9-10,19,24H,7-8,11-13H2,1-5H3. The average Bonchev–Trinajstić information content (AvgIpc) is 2.70. The number of sulfonamides is 1. The van der Waals surface area contributed by atoms with Crippen LogP contribution in [-0.4, -0.2) is 38.0 Å². The van der Waals surface area contributed by atoms with Gasteiger partial charge in [0.1, 0.15) is 0 Å². The minimum Gasteiger partial charge on any atom is -0.341 e. The zero-order chi connectivity index (χ0) is 20.5. The fourth-order valence-electron chi connectivity index (χ4n) is 3.96. The van der Waals surface area contributed by atoms with Crippen molar-refractivity contribution in [2.75, 3.05) is 24.5 Å². The maximum Gasteiger partial charge on any atom is 0.241 e. The Hall–Kier alpha value is -1.99. The van der Waals surface area contributed by atoms with E-state index < -0.39 is 10.0 Å². The third-order valence-corrected chi connectivity index (χ3v) is 7.91. The van der Waals surface area contributed by atoms with Crippen LogP contribution in [0.2, 0.25) is 0 Å². The minimum absolute atomic E-state index is 0.322. The van der Waals surface area contributed by atoms with Gasteiger partial charge in [-0.2, -0.15) is 0 Å². The Morgan fingerprint density at radius 3 is 1.96 bits per heavy atom. The van der Waals surface area contributed by atoms with Crippen molar-refractivity contribution >= 4 is 16.0 Å². The molecule has 2 aromatic rings. The molecule has 1 fully saturated rings. The van der Waals surface area contributed by atoms with Gasteiger partial charge >= 0.3 is 0 Å². The molecular weight excluding hydrogens is 372 g/mol. The second-order valence-corrected chi connectivity index (χ2v) is 9.49. The molecule has 0 spiro atoms. The first kappa shape index (κ1) is 20.7. The molecule has 0 unspecified atom stereocenters. The molecular formula is C21H30N4O2S. The average molecular weight is 403 g/mol. The van der Waals surface area contributed by atoms with E-state index in [1.165, 1.54) is 5.56 Å². The van der Waals surface area contributed by atoms with Crippen molar-refractivity contribution in [1.82, 2.24) is 14.7 Å². The third-order valence-electron chi connectivity index (χ3n) is 6.21. The van der Waals surface area contributed by atoms with Crippen molar-refractivity contribution in [1.29, 1.82) is 0 Å². The Labute approximate surface area is 168 Å². The lowest BCUT2D eigenvalue weighted by Crippen LogP contribution is -2.39. The van der Waals surface area contributed by atoms with E-state index >= 15 is 0 Å². The fourth-order valence-corrected chi connectivity index (χ4v) is 5.67. The maximum absolute atomic E-state index is 13.1. The van der Waals surface area contributed by atoms with E-state index in [1.807, 2.05) is 33.8 Å². The van der Waals surface area contributed by atoms with Crippen molar-refractivity contribution < 1.29 is 8.42 Å². The summed E-state index contributed by atoms with van der Waals surface area (Å²) in [7, 11) is -3.54. The highest BCUT2D eigenvalue weighted by molar-refractivity contribution is 7.89. The summed E-state index contributed by atoms with van der Waals surface area (Å²) in [6, 6.07) is 1.81. The molecule has 1 N–H and O–H groups in total. The molecule has 152 valence electrons. The highest BCUT2D eigenvalue weighted by atomic mass is 32.2. The second-order valence-electron chi connectivity index (χ2n) is 7.79. The van der Waals surface area contributed by atoms with Crippen LogP contribution in [0.15, 0.2) is 23.4 Å². The van der Waals surface area contributed by atoms with Crippen molar-refractivity contribution in [2.45, 2.75) is 52.4 Å². The molecule has 0 bridgehead atoms. The van der Waals surface area contributed by atoms with Gasteiger partial charge in [-0.15, -0.1) is 0 Å². The number of nitrogens with one attached hydrogen (secondary N) is 1. The first-order chi connectivity index (χ1) is 13.2. The Bertz CT molecular complexity index is 921. The molecule has 1 aliphatic rings. The smallest absolute Gasteiger partial charge is 0.241 e. The normalized spacial score (nSPS) is 15.8. The molecule has 28 heavy (non-hydrogen) atoms. The number of anilines is 1. The molecule has 1 aromatic heterocycles. The predicted molar refractivity (Wildman–Crippen MR) is 112 cm³/mol. The zero-order valence-electron chi connectivity index (χ0n) is 17.4. The Morgan fingerprint density at radius 2 is 1.43 bits per heavy atom. The molecule has 0 radical (unpaired) electrons. The van der Waals surface area contributed by atoms with Gasteiger partial charge in [0, 0.05) is 32.0 Å². The number of piperidine rings is 1. The topological polar surface area (TPSA) is 75.2 Å². The summed E-state index contributed by atoms with van der Waals surface area (Å²) in [5, 5.41) is 0. The first-order valence-electron chi connectivity index (χ1n) is 9.81. The van der Waals surface area contributed by atoms with E-state index in [9.17, 15) is 8.42 Å². The molecule has 0 aliphatic carbocycles. The summed E-state index contributed by atoms with van der Waals surface area (Å²) in [6.45, 7) is 12.0. The minimum atomic E-state index is -3.54. The molecule has 0 atom stereocenters. The molecule has 1 aromatic carbocycles. The molecule has 3 rings (SSSR count). The Kier molecular flexibility index (Phi) is 6.05. The van der Waals surface area contributed by atoms with E-state index in [2.05, 4.69) is 26.5 Å². The van der Waals surface area contributed by atoms with Crippen molar-refractivity contribution in [3.05, 3.63) is 46.3 Å². The van der Waals surface area contributed by atoms with Crippen LogP contribution in [0, 0.1) is 40.5 Å². The van der Waals surface area contributed by atoms with Crippen LogP contribution in [0.3, 0.4) is 0 Å². The summed E-state index contributed by atoms with van der Waals surface area (Å²) in [5.41, 5.74) is 4.98. The SMILES string of the molecule is Cc1c(C)c(C)c(S(=O)(=O)NCC2CCN(c3ncccn3)CC2)c(C)c1C. The van der Waals surface area contributed by atoms with Crippen LogP contribution in [0.5, 0.6) is 0 Å². The van der Waals surface area contributed by atoms with Gasteiger partial charge in [0.25, 0.3) is 0 Å². The summed E-state index contributed by atoms with van der Waals surface area (Å²) >= 11 is 0. The van der Waals surface area contributed by atoms with Gasteiger partial charge in [-0.25, -0.2) is 23.1 Å². The molecule has 6 nitrogen and oxygen atoms in total. The van der Waals surface area contributed by atoms with Crippen molar-refractivity contribution in [2.24, 2.45) is 5.92 Å². The van der Waals surface area contributed by atoms with Gasteiger partial charge in [-0.05, 0) is 87.3 Å². The van der Waals surface area contributed by atoms with Crippen LogP contribution in [0.1, 0.15) is 40.7 Å². The van der Waals surface area contributed by atoms with Crippen LogP contribution < -0.4 is 9.62 Å². The molecule has 1 saturated heterocycles. The van der Waals surface area contributed by atoms with Crippen molar-refractivity contribution in [3.63, 3.8) is 0 Å². The molecule has 1 aliphatic heterocycles. The number of nitrogens with zero attached hydrogens (tertiary/aromatic N) is 3.